The third-order valence-corrected chi connectivity index (χ3v) is 2.64. The molecule has 0 saturated heterocycles. The molecule has 0 bridgehead atoms. The largest absolute Gasteiger partial charge is 0.339 e. The lowest BCUT2D eigenvalue weighted by molar-refractivity contribution is 0.375. The summed E-state index contributed by atoms with van der Waals surface area (Å²) in [5.41, 5.74) is 0. The molecule has 0 aromatic carbocycles. The van der Waals surface area contributed by atoms with Gasteiger partial charge in [-0.1, -0.05) is 19.0 Å². The molecule has 2 heterocycles. The average Bonchev–Trinajstić information content (AvgIpc) is 3.00. The van der Waals surface area contributed by atoms with Gasteiger partial charge in [-0.25, -0.2) is 4.98 Å². The smallest absolute Gasteiger partial charge is 0.226 e. The van der Waals surface area contributed by atoms with Gasteiger partial charge in [0.1, 0.15) is 5.82 Å². The Kier molecular flexibility index (Phi) is 4.46. The van der Waals surface area contributed by atoms with Crippen molar-refractivity contribution in [3.05, 3.63) is 29.9 Å². The highest BCUT2D eigenvalue weighted by Gasteiger charge is 2.08. The van der Waals surface area contributed by atoms with Gasteiger partial charge in [-0.05, 0) is 13.0 Å². The van der Waals surface area contributed by atoms with E-state index < -0.39 is 0 Å². The van der Waals surface area contributed by atoms with Crippen LogP contribution in [0.2, 0.25) is 0 Å². The normalized spacial score (nSPS) is 11.0. The van der Waals surface area contributed by atoms with E-state index in [2.05, 4.69) is 27.4 Å². The SMILES string of the molecule is CCCNCc1nccn1Cc1noc(CC)n1. The first kappa shape index (κ1) is 12.8. The Morgan fingerprint density at radius 3 is 3.00 bits per heavy atom. The third-order valence-electron chi connectivity index (χ3n) is 2.64. The maximum atomic E-state index is 5.09. The summed E-state index contributed by atoms with van der Waals surface area (Å²) in [6, 6.07) is 0. The summed E-state index contributed by atoms with van der Waals surface area (Å²) in [4.78, 5) is 8.62. The van der Waals surface area contributed by atoms with Gasteiger partial charge in [-0.2, -0.15) is 4.98 Å². The Bertz CT molecular complexity index is 476. The number of hydrogen-bond donors (Lipinski definition) is 1. The van der Waals surface area contributed by atoms with Crippen molar-refractivity contribution in [1.82, 2.24) is 25.0 Å². The van der Waals surface area contributed by atoms with E-state index in [0.29, 0.717) is 18.3 Å². The standard InChI is InChI=1S/C12H19N5O/c1-3-5-13-8-11-14-6-7-17(11)9-10-15-12(4-2)18-16-10/h6-7,13H,3-5,8-9H2,1-2H3. The number of imidazole rings is 1. The summed E-state index contributed by atoms with van der Waals surface area (Å²) in [5.74, 6) is 2.36. The summed E-state index contributed by atoms with van der Waals surface area (Å²) in [7, 11) is 0. The van der Waals surface area contributed by atoms with Crippen LogP contribution < -0.4 is 5.32 Å². The van der Waals surface area contributed by atoms with Crippen molar-refractivity contribution < 1.29 is 4.52 Å². The van der Waals surface area contributed by atoms with E-state index >= 15 is 0 Å². The van der Waals surface area contributed by atoms with Gasteiger partial charge in [-0.3, -0.25) is 0 Å². The van der Waals surface area contributed by atoms with E-state index in [9.17, 15) is 0 Å². The third kappa shape index (κ3) is 3.16. The molecule has 0 aliphatic carbocycles. The van der Waals surface area contributed by atoms with Gasteiger partial charge in [-0.15, -0.1) is 0 Å². The summed E-state index contributed by atoms with van der Waals surface area (Å²) >= 11 is 0. The van der Waals surface area contributed by atoms with Crippen LogP contribution in [0.15, 0.2) is 16.9 Å². The molecule has 1 N–H and O–H groups in total. The number of hydrogen-bond acceptors (Lipinski definition) is 5. The Labute approximate surface area is 106 Å². The van der Waals surface area contributed by atoms with Crippen molar-refractivity contribution >= 4 is 0 Å². The zero-order valence-corrected chi connectivity index (χ0v) is 10.9. The van der Waals surface area contributed by atoms with Crippen molar-refractivity contribution in [3.8, 4) is 0 Å². The average molecular weight is 249 g/mol. The molecule has 0 unspecified atom stereocenters. The lowest BCUT2D eigenvalue weighted by Gasteiger charge is -2.05. The molecular weight excluding hydrogens is 230 g/mol. The van der Waals surface area contributed by atoms with E-state index in [1.165, 1.54) is 0 Å². The molecule has 0 fully saturated rings. The van der Waals surface area contributed by atoms with Gasteiger partial charge in [0, 0.05) is 18.8 Å². The quantitative estimate of drug-likeness (QED) is 0.751. The predicted octanol–water partition coefficient (Wildman–Crippen LogP) is 1.38. The Morgan fingerprint density at radius 1 is 1.39 bits per heavy atom. The van der Waals surface area contributed by atoms with E-state index in [4.69, 9.17) is 4.52 Å². The highest BCUT2D eigenvalue weighted by atomic mass is 16.5. The van der Waals surface area contributed by atoms with Gasteiger partial charge in [0.25, 0.3) is 0 Å². The Hall–Kier alpha value is -1.69. The van der Waals surface area contributed by atoms with Crippen LogP contribution in [-0.2, 0) is 19.5 Å². The second-order valence-electron chi connectivity index (χ2n) is 4.11. The molecule has 0 amide bonds. The summed E-state index contributed by atoms with van der Waals surface area (Å²) in [6.07, 6.45) is 5.61. The van der Waals surface area contributed by atoms with Crippen LogP contribution in [-0.4, -0.2) is 26.2 Å². The number of nitrogens with one attached hydrogen (secondary N) is 1. The minimum absolute atomic E-state index is 0.604. The van der Waals surface area contributed by atoms with Gasteiger partial charge >= 0.3 is 0 Å². The molecule has 2 aromatic heterocycles. The van der Waals surface area contributed by atoms with Crippen LogP contribution in [0.3, 0.4) is 0 Å². The molecule has 6 heteroatoms. The molecular formula is C12H19N5O. The van der Waals surface area contributed by atoms with Gasteiger partial charge in [0.05, 0.1) is 13.1 Å². The first-order valence-electron chi connectivity index (χ1n) is 6.35. The molecule has 0 atom stereocenters. The van der Waals surface area contributed by atoms with Crippen molar-refractivity contribution in [1.29, 1.82) is 0 Å². The van der Waals surface area contributed by atoms with E-state index in [-0.39, 0.29) is 0 Å². The number of rotatable bonds is 7. The van der Waals surface area contributed by atoms with Crippen LogP contribution in [0.25, 0.3) is 0 Å². The maximum Gasteiger partial charge on any atom is 0.226 e. The molecule has 18 heavy (non-hydrogen) atoms. The van der Waals surface area contributed by atoms with Crippen LogP contribution >= 0.6 is 0 Å². The monoisotopic (exact) mass is 249 g/mol. The fraction of sp³-hybridized carbons (Fsp3) is 0.583. The van der Waals surface area contributed by atoms with Crippen LogP contribution in [0.5, 0.6) is 0 Å². The summed E-state index contributed by atoms with van der Waals surface area (Å²) < 4.78 is 7.13. The second kappa shape index (κ2) is 6.30. The van der Waals surface area contributed by atoms with Crippen LogP contribution in [0.1, 0.15) is 37.8 Å². The van der Waals surface area contributed by atoms with Gasteiger partial charge < -0.3 is 14.4 Å². The first-order valence-corrected chi connectivity index (χ1v) is 6.35. The van der Waals surface area contributed by atoms with Crippen LogP contribution in [0.4, 0.5) is 0 Å². The zero-order chi connectivity index (χ0) is 12.8. The predicted molar refractivity (Wildman–Crippen MR) is 67.0 cm³/mol. The van der Waals surface area contributed by atoms with Crippen LogP contribution in [0, 0.1) is 0 Å². The van der Waals surface area contributed by atoms with E-state index in [0.717, 1.165) is 31.8 Å². The molecule has 98 valence electrons. The topological polar surface area (TPSA) is 68.8 Å². The molecule has 0 spiro atoms. The first-order chi connectivity index (χ1) is 8.83. The summed E-state index contributed by atoms with van der Waals surface area (Å²) in [5, 5.41) is 7.28. The molecule has 0 aliphatic heterocycles. The van der Waals surface area contributed by atoms with Gasteiger partial charge in [0.15, 0.2) is 5.82 Å². The van der Waals surface area contributed by atoms with E-state index in [1.54, 1.807) is 6.20 Å². The van der Waals surface area contributed by atoms with Crippen molar-refractivity contribution in [2.75, 3.05) is 6.54 Å². The number of nitrogens with zero attached hydrogens (tertiary/aromatic N) is 4. The molecule has 2 aromatic rings. The molecule has 6 nitrogen and oxygen atoms in total. The zero-order valence-electron chi connectivity index (χ0n) is 10.9. The highest BCUT2D eigenvalue weighted by molar-refractivity contribution is 4.97. The van der Waals surface area contributed by atoms with E-state index in [1.807, 2.05) is 17.7 Å². The highest BCUT2D eigenvalue weighted by Crippen LogP contribution is 2.04. The Morgan fingerprint density at radius 2 is 2.28 bits per heavy atom. The fourth-order valence-corrected chi connectivity index (χ4v) is 1.68. The molecule has 0 radical (unpaired) electrons. The summed E-state index contributed by atoms with van der Waals surface area (Å²) in [6.45, 7) is 6.50. The Balaban J connectivity index is 1.98. The molecule has 2 rings (SSSR count). The van der Waals surface area contributed by atoms with Gasteiger partial charge in [0.2, 0.25) is 5.89 Å². The lowest BCUT2D eigenvalue weighted by Crippen LogP contribution is -2.18. The lowest BCUT2D eigenvalue weighted by atomic mass is 10.4. The second-order valence-corrected chi connectivity index (χ2v) is 4.11. The minimum Gasteiger partial charge on any atom is -0.339 e. The number of aromatic nitrogens is 4. The van der Waals surface area contributed by atoms with Crippen molar-refractivity contribution in [3.63, 3.8) is 0 Å². The fourth-order valence-electron chi connectivity index (χ4n) is 1.68. The maximum absolute atomic E-state index is 5.09. The van der Waals surface area contributed by atoms with Crippen molar-refractivity contribution in [2.45, 2.75) is 39.8 Å². The van der Waals surface area contributed by atoms with Crippen molar-refractivity contribution in [2.24, 2.45) is 0 Å². The molecule has 0 aliphatic rings. The minimum atomic E-state index is 0.604. The molecule has 0 saturated carbocycles. The number of aryl methyl sites for hydroxylation is 1.